The van der Waals surface area contributed by atoms with Crippen molar-refractivity contribution in [1.82, 2.24) is 10.2 Å². The highest BCUT2D eigenvalue weighted by Gasteiger charge is 2.24. The van der Waals surface area contributed by atoms with E-state index in [0.717, 1.165) is 30.3 Å². The number of rotatable bonds is 6. The molecule has 0 saturated carbocycles. The van der Waals surface area contributed by atoms with Gasteiger partial charge in [-0.1, -0.05) is 0 Å². The molecular formula is C14H27N3O3S. The van der Waals surface area contributed by atoms with Gasteiger partial charge in [0.15, 0.2) is 0 Å². The van der Waals surface area contributed by atoms with E-state index in [4.69, 9.17) is 9.84 Å². The molecule has 0 aromatic heterocycles. The number of amides is 1. The van der Waals surface area contributed by atoms with E-state index in [0.29, 0.717) is 19.6 Å². The normalized spacial score (nSPS) is 15.6. The number of hydrogen-bond donors (Lipinski definition) is 2. The lowest BCUT2D eigenvalue weighted by atomic mass is 10.2. The summed E-state index contributed by atoms with van der Waals surface area (Å²) in [5, 5.41) is 12.0. The third kappa shape index (κ3) is 8.16. The van der Waals surface area contributed by atoms with Crippen molar-refractivity contribution in [3.05, 3.63) is 0 Å². The second kappa shape index (κ2) is 9.15. The first kappa shape index (κ1) is 18.1. The molecule has 6 nitrogen and oxygen atoms in total. The highest BCUT2D eigenvalue weighted by Crippen LogP contribution is 2.11. The average Bonchev–Trinajstić information content (AvgIpc) is 2.41. The van der Waals surface area contributed by atoms with Gasteiger partial charge in [-0.3, -0.25) is 9.89 Å². The van der Waals surface area contributed by atoms with Crippen LogP contribution in [0.15, 0.2) is 4.99 Å². The van der Waals surface area contributed by atoms with Crippen molar-refractivity contribution in [2.24, 2.45) is 4.99 Å². The molecule has 0 aromatic carbocycles. The van der Waals surface area contributed by atoms with Gasteiger partial charge in [0.05, 0.1) is 13.1 Å². The van der Waals surface area contributed by atoms with E-state index in [1.54, 1.807) is 16.7 Å². The maximum absolute atomic E-state index is 12.0. The van der Waals surface area contributed by atoms with Gasteiger partial charge in [0.25, 0.3) is 0 Å². The highest BCUT2D eigenvalue weighted by molar-refractivity contribution is 7.99. The van der Waals surface area contributed by atoms with Crippen LogP contribution in [0.3, 0.4) is 0 Å². The number of nitrogens with zero attached hydrogens (tertiary/aromatic N) is 2. The maximum atomic E-state index is 12.0. The smallest absolute Gasteiger partial charge is 0.410 e. The summed E-state index contributed by atoms with van der Waals surface area (Å²) in [6.07, 6.45) is 0.548. The average molecular weight is 317 g/mol. The van der Waals surface area contributed by atoms with Crippen LogP contribution in [0.25, 0.3) is 0 Å². The monoisotopic (exact) mass is 317 g/mol. The molecule has 1 amide bonds. The molecule has 0 radical (unpaired) electrons. The molecule has 122 valence electrons. The number of amidine groups is 1. The number of ether oxygens (including phenoxy) is 1. The largest absolute Gasteiger partial charge is 0.444 e. The Bertz CT molecular complexity index is 356. The number of aliphatic imine (C=N–C) groups is 1. The zero-order chi connectivity index (χ0) is 15.7. The van der Waals surface area contributed by atoms with Crippen molar-refractivity contribution in [2.45, 2.75) is 32.8 Å². The van der Waals surface area contributed by atoms with Crippen LogP contribution in [0, 0.1) is 0 Å². The second-order valence-electron chi connectivity index (χ2n) is 5.85. The van der Waals surface area contributed by atoms with E-state index in [9.17, 15) is 4.79 Å². The van der Waals surface area contributed by atoms with Gasteiger partial charge in [0, 0.05) is 25.4 Å². The Morgan fingerprint density at radius 2 is 2.24 bits per heavy atom. The molecule has 0 fully saturated rings. The van der Waals surface area contributed by atoms with Crippen LogP contribution in [-0.2, 0) is 4.74 Å². The zero-order valence-electron chi connectivity index (χ0n) is 13.2. The molecule has 21 heavy (non-hydrogen) atoms. The highest BCUT2D eigenvalue weighted by atomic mass is 32.2. The first-order chi connectivity index (χ1) is 9.92. The van der Waals surface area contributed by atoms with Gasteiger partial charge in [0.2, 0.25) is 0 Å². The van der Waals surface area contributed by atoms with Crippen LogP contribution in [-0.4, -0.2) is 71.8 Å². The quantitative estimate of drug-likeness (QED) is 0.723. The molecule has 1 aliphatic heterocycles. The van der Waals surface area contributed by atoms with Crippen molar-refractivity contribution in [2.75, 3.05) is 44.3 Å². The van der Waals surface area contributed by atoms with E-state index >= 15 is 0 Å². The minimum Gasteiger partial charge on any atom is -0.444 e. The number of carbonyl (C=O) groups excluding carboxylic acids is 1. The van der Waals surface area contributed by atoms with Gasteiger partial charge in [-0.15, -0.1) is 0 Å². The van der Waals surface area contributed by atoms with Crippen LogP contribution in [0.1, 0.15) is 27.2 Å². The Morgan fingerprint density at radius 3 is 2.90 bits per heavy atom. The van der Waals surface area contributed by atoms with Gasteiger partial charge >= 0.3 is 6.09 Å². The summed E-state index contributed by atoms with van der Waals surface area (Å²) in [4.78, 5) is 18.1. The van der Waals surface area contributed by atoms with Crippen molar-refractivity contribution in [3.8, 4) is 0 Å². The summed E-state index contributed by atoms with van der Waals surface area (Å²) in [6.45, 7) is 8.36. The molecule has 0 bridgehead atoms. The second-order valence-corrected chi connectivity index (χ2v) is 7.07. The van der Waals surface area contributed by atoms with Gasteiger partial charge in [0.1, 0.15) is 11.4 Å². The van der Waals surface area contributed by atoms with Crippen molar-refractivity contribution >= 4 is 23.7 Å². The molecule has 7 heteroatoms. The number of thioether (sulfide) groups is 1. The first-order valence-electron chi connectivity index (χ1n) is 7.36. The number of aliphatic hydroxyl groups excluding tert-OH is 1. The number of aliphatic hydroxyl groups is 1. The van der Waals surface area contributed by atoms with Crippen molar-refractivity contribution < 1.29 is 14.6 Å². The summed E-state index contributed by atoms with van der Waals surface area (Å²) in [7, 11) is 0. The molecule has 0 unspecified atom stereocenters. The van der Waals surface area contributed by atoms with E-state index in [2.05, 4.69) is 10.3 Å². The Hall–Kier alpha value is -0.950. The van der Waals surface area contributed by atoms with E-state index in [1.807, 2.05) is 20.8 Å². The molecule has 0 atom stereocenters. The molecule has 1 rings (SSSR count). The fraction of sp³-hybridized carbons (Fsp3) is 0.857. The third-order valence-electron chi connectivity index (χ3n) is 2.69. The van der Waals surface area contributed by atoms with Crippen LogP contribution in [0.2, 0.25) is 0 Å². The predicted molar refractivity (Wildman–Crippen MR) is 87.1 cm³/mol. The van der Waals surface area contributed by atoms with Gasteiger partial charge in [-0.25, -0.2) is 4.79 Å². The maximum Gasteiger partial charge on any atom is 0.410 e. The van der Waals surface area contributed by atoms with Crippen LogP contribution in [0.5, 0.6) is 0 Å². The number of hydrogen-bond acceptors (Lipinski definition) is 6. The lowest BCUT2D eigenvalue weighted by Crippen LogP contribution is -2.47. The fourth-order valence-corrected chi connectivity index (χ4v) is 2.53. The van der Waals surface area contributed by atoms with Crippen LogP contribution in [0.4, 0.5) is 4.79 Å². The van der Waals surface area contributed by atoms with Gasteiger partial charge in [-0.05, 0) is 32.9 Å². The van der Waals surface area contributed by atoms with E-state index in [1.165, 1.54) is 0 Å². The molecular weight excluding hydrogens is 290 g/mol. The third-order valence-corrected chi connectivity index (χ3v) is 3.76. The van der Waals surface area contributed by atoms with Crippen LogP contribution >= 0.6 is 11.8 Å². The fourth-order valence-electron chi connectivity index (χ4n) is 1.75. The zero-order valence-corrected chi connectivity index (χ0v) is 14.0. The molecule has 0 aliphatic carbocycles. The lowest BCUT2D eigenvalue weighted by Gasteiger charge is -2.29. The molecule has 2 N–H and O–H groups in total. The lowest BCUT2D eigenvalue weighted by molar-refractivity contribution is 0.0276. The van der Waals surface area contributed by atoms with Gasteiger partial charge < -0.3 is 15.2 Å². The summed E-state index contributed by atoms with van der Waals surface area (Å²) >= 11 is 1.80. The molecule has 0 saturated heterocycles. The minimum atomic E-state index is -0.470. The molecule has 0 aromatic rings. The van der Waals surface area contributed by atoms with Gasteiger partial charge in [-0.2, -0.15) is 11.8 Å². The first-order valence-corrected chi connectivity index (χ1v) is 8.51. The molecule has 0 spiro atoms. The number of nitrogens with one attached hydrogen (secondary N) is 1. The van der Waals surface area contributed by atoms with Crippen molar-refractivity contribution in [1.29, 1.82) is 0 Å². The SMILES string of the molecule is CC(C)(C)OC(=O)N1CCN=C(NCCSCCCO)C1. The topological polar surface area (TPSA) is 74.2 Å². The predicted octanol–water partition coefficient (Wildman–Crippen LogP) is 1.34. The summed E-state index contributed by atoms with van der Waals surface area (Å²) in [6, 6.07) is 0. The minimum absolute atomic E-state index is 0.248. The Kier molecular flexibility index (Phi) is 7.88. The number of carbonyl (C=O) groups is 1. The van der Waals surface area contributed by atoms with E-state index < -0.39 is 5.60 Å². The summed E-state index contributed by atoms with van der Waals surface area (Å²) in [5.41, 5.74) is -0.470. The van der Waals surface area contributed by atoms with Crippen molar-refractivity contribution in [3.63, 3.8) is 0 Å². The Labute approximate surface area is 131 Å². The Balaban J connectivity index is 2.25. The summed E-state index contributed by atoms with van der Waals surface area (Å²) in [5.74, 6) is 2.77. The van der Waals surface area contributed by atoms with Crippen LogP contribution < -0.4 is 5.32 Å². The summed E-state index contributed by atoms with van der Waals surface area (Å²) < 4.78 is 5.37. The molecule has 1 aliphatic rings. The molecule has 1 heterocycles. The van der Waals surface area contributed by atoms with E-state index in [-0.39, 0.29) is 12.7 Å². The standard InChI is InChI=1S/C14H27N3O3S/c1-14(2,3)20-13(19)17-7-5-15-12(11-17)16-6-10-21-9-4-8-18/h18H,4-11H2,1-3H3,(H,15,16). The Morgan fingerprint density at radius 1 is 1.48 bits per heavy atom.